The molecule has 0 saturated carbocycles. The van der Waals surface area contributed by atoms with Crippen LogP contribution in [-0.4, -0.2) is 46.7 Å². The lowest BCUT2D eigenvalue weighted by Gasteiger charge is -2.40. The molecule has 9 heteroatoms. The zero-order valence-corrected chi connectivity index (χ0v) is 14.5. The van der Waals surface area contributed by atoms with Gasteiger partial charge in [0.2, 0.25) is 10.0 Å². The summed E-state index contributed by atoms with van der Waals surface area (Å²) in [7, 11) is -1.88. The van der Waals surface area contributed by atoms with Gasteiger partial charge in [0, 0.05) is 24.7 Å². The first-order chi connectivity index (χ1) is 10.6. The van der Waals surface area contributed by atoms with Crippen LogP contribution in [0.3, 0.4) is 0 Å². The van der Waals surface area contributed by atoms with Crippen LogP contribution in [0.4, 0.5) is 5.82 Å². The van der Waals surface area contributed by atoms with Gasteiger partial charge < -0.3 is 10.5 Å². The Balaban J connectivity index is 2.16. The van der Waals surface area contributed by atoms with Gasteiger partial charge in [0.1, 0.15) is 5.82 Å². The second-order valence-corrected chi connectivity index (χ2v) is 8.51. The smallest absolute Gasteiger partial charge is 0.351 e. The van der Waals surface area contributed by atoms with Crippen molar-refractivity contribution < 1.29 is 13.2 Å². The number of ether oxygens (including phenoxy) is 1. The van der Waals surface area contributed by atoms with Gasteiger partial charge in [-0.1, -0.05) is 13.8 Å². The normalized spacial score (nSPS) is 36.3. The number of hydrogen-bond acceptors (Lipinski definition) is 6. The Morgan fingerprint density at radius 3 is 2.78 bits per heavy atom. The number of hydrogen-bond donors (Lipinski definition) is 1. The number of sulfonamides is 1. The van der Waals surface area contributed by atoms with E-state index in [1.165, 1.54) is 8.87 Å². The van der Waals surface area contributed by atoms with Crippen LogP contribution in [0.15, 0.2) is 11.0 Å². The van der Waals surface area contributed by atoms with Crippen molar-refractivity contribution in [3.8, 4) is 0 Å². The fourth-order valence-electron chi connectivity index (χ4n) is 3.72. The average Bonchev–Trinajstić information content (AvgIpc) is 2.69. The third-order valence-electron chi connectivity index (χ3n) is 5.32. The Morgan fingerprint density at radius 1 is 1.52 bits per heavy atom. The zero-order chi connectivity index (χ0) is 17.2. The van der Waals surface area contributed by atoms with E-state index < -0.39 is 33.6 Å². The predicted molar refractivity (Wildman–Crippen MR) is 85.3 cm³/mol. The topological polar surface area (TPSA) is 108 Å². The van der Waals surface area contributed by atoms with Crippen molar-refractivity contribution in [1.82, 2.24) is 13.9 Å². The minimum atomic E-state index is -3.42. The third-order valence-corrected chi connectivity index (χ3v) is 7.30. The van der Waals surface area contributed by atoms with Crippen LogP contribution in [0, 0.1) is 12.8 Å². The molecule has 0 aliphatic carbocycles. The molecule has 23 heavy (non-hydrogen) atoms. The van der Waals surface area contributed by atoms with Crippen LogP contribution < -0.4 is 11.4 Å². The highest BCUT2D eigenvalue weighted by molar-refractivity contribution is 7.89. The second-order valence-electron chi connectivity index (χ2n) is 6.48. The van der Waals surface area contributed by atoms with Crippen molar-refractivity contribution in [3.05, 3.63) is 22.2 Å². The highest BCUT2D eigenvalue weighted by Crippen LogP contribution is 2.50. The number of rotatable bonds is 2. The fourth-order valence-corrected chi connectivity index (χ4v) is 5.74. The van der Waals surface area contributed by atoms with Crippen LogP contribution in [-0.2, 0) is 14.8 Å². The molecule has 3 rings (SSSR count). The van der Waals surface area contributed by atoms with E-state index in [0.29, 0.717) is 12.0 Å². The molecule has 2 aliphatic rings. The van der Waals surface area contributed by atoms with Crippen molar-refractivity contribution in [2.24, 2.45) is 5.92 Å². The Kier molecular flexibility index (Phi) is 3.58. The molecule has 0 amide bonds. The SMILES string of the molecule is CC[C@]12CS(=O)(=O)N(C)[C@@H](C1C)[C@H](n1cc(C)c(N)nc1=O)O2. The first-order valence-corrected chi connectivity index (χ1v) is 9.22. The van der Waals surface area contributed by atoms with Gasteiger partial charge >= 0.3 is 5.69 Å². The van der Waals surface area contributed by atoms with Crippen molar-refractivity contribution >= 4 is 15.8 Å². The molecule has 2 saturated heterocycles. The molecule has 0 radical (unpaired) electrons. The van der Waals surface area contributed by atoms with Crippen molar-refractivity contribution in [3.63, 3.8) is 0 Å². The number of likely N-dealkylation sites (N-methyl/N-ethyl adjacent to an activating group) is 1. The molecule has 0 spiro atoms. The van der Waals surface area contributed by atoms with Gasteiger partial charge in [-0.2, -0.15) is 9.29 Å². The number of anilines is 1. The molecule has 2 fully saturated rings. The summed E-state index contributed by atoms with van der Waals surface area (Å²) < 4.78 is 33.8. The van der Waals surface area contributed by atoms with Gasteiger partial charge in [-0.15, -0.1) is 0 Å². The summed E-state index contributed by atoms with van der Waals surface area (Å²) in [4.78, 5) is 16.1. The molecule has 2 bridgehead atoms. The lowest BCUT2D eigenvalue weighted by molar-refractivity contribution is -0.0732. The van der Waals surface area contributed by atoms with E-state index in [9.17, 15) is 13.2 Å². The summed E-state index contributed by atoms with van der Waals surface area (Å²) in [6.45, 7) is 5.63. The Bertz CT molecular complexity index is 805. The lowest BCUT2D eigenvalue weighted by Crippen LogP contribution is -2.56. The summed E-state index contributed by atoms with van der Waals surface area (Å²) in [5.41, 5.74) is 5.01. The summed E-state index contributed by atoms with van der Waals surface area (Å²) >= 11 is 0. The number of nitrogens with zero attached hydrogens (tertiary/aromatic N) is 3. The van der Waals surface area contributed by atoms with Crippen LogP contribution in [0.2, 0.25) is 0 Å². The van der Waals surface area contributed by atoms with Crippen molar-refractivity contribution in [1.29, 1.82) is 0 Å². The molecular formula is C14H22N4O4S. The van der Waals surface area contributed by atoms with Gasteiger partial charge in [0.15, 0.2) is 6.23 Å². The highest BCUT2D eigenvalue weighted by Gasteiger charge is 2.61. The first kappa shape index (κ1) is 16.4. The van der Waals surface area contributed by atoms with Gasteiger partial charge in [-0.3, -0.25) is 4.57 Å². The Labute approximate surface area is 135 Å². The van der Waals surface area contributed by atoms with E-state index >= 15 is 0 Å². The lowest BCUT2D eigenvalue weighted by atomic mass is 9.85. The van der Waals surface area contributed by atoms with E-state index in [-0.39, 0.29) is 17.5 Å². The van der Waals surface area contributed by atoms with Gasteiger partial charge in [0.25, 0.3) is 0 Å². The summed E-state index contributed by atoms with van der Waals surface area (Å²) in [6.07, 6.45) is 1.45. The molecule has 2 N–H and O–H groups in total. The molecule has 2 aliphatic heterocycles. The van der Waals surface area contributed by atoms with Gasteiger partial charge in [0.05, 0.1) is 17.4 Å². The predicted octanol–water partition coefficient (Wildman–Crippen LogP) is 0.0914. The van der Waals surface area contributed by atoms with Crippen LogP contribution >= 0.6 is 0 Å². The van der Waals surface area contributed by atoms with E-state index in [4.69, 9.17) is 10.5 Å². The van der Waals surface area contributed by atoms with Crippen LogP contribution in [0.1, 0.15) is 32.1 Å². The van der Waals surface area contributed by atoms with Gasteiger partial charge in [-0.25, -0.2) is 13.2 Å². The summed E-state index contributed by atoms with van der Waals surface area (Å²) in [5, 5.41) is 0. The molecule has 0 aromatic carbocycles. The largest absolute Gasteiger partial charge is 0.383 e. The fraction of sp³-hybridized carbons (Fsp3) is 0.714. The maximum atomic E-state index is 12.5. The molecular weight excluding hydrogens is 320 g/mol. The quantitative estimate of drug-likeness (QED) is 0.816. The minimum absolute atomic E-state index is 0.0317. The van der Waals surface area contributed by atoms with Crippen molar-refractivity contribution in [2.45, 2.75) is 45.1 Å². The molecule has 1 aromatic rings. The number of nitrogen functional groups attached to an aromatic ring is 1. The maximum Gasteiger partial charge on any atom is 0.351 e. The number of nitrogens with two attached hydrogens (primary N) is 1. The average molecular weight is 342 g/mol. The minimum Gasteiger partial charge on any atom is -0.383 e. The van der Waals surface area contributed by atoms with E-state index in [0.717, 1.165) is 0 Å². The summed E-state index contributed by atoms with van der Waals surface area (Å²) in [6, 6.07) is -0.448. The molecule has 8 nitrogen and oxygen atoms in total. The van der Waals surface area contributed by atoms with Crippen LogP contribution in [0.5, 0.6) is 0 Å². The molecule has 3 heterocycles. The number of aryl methyl sites for hydroxylation is 1. The molecule has 4 atom stereocenters. The number of aromatic nitrogens is 2. The van der Waals surface area contributed by atoms with Crippen molar-refractivity contribution in [2.75, 3.05) is 18.5 Å². The first-order valence-electron chi connectivity index (χ1n) is 7.62. The van der Waals surface area contributed by atoms with E-state index in [2.05, 4.69) is 4.98 Å². The number of fused-ring (bicyclic) bond motifs is 2. The van der Waals surface area contributed by atoms with Crippen LogP contribution in [0.25, 0.3) is 0 Å². The van der Waals surface area contributed by atoms with E-state index in [1.807, 2.05) is 13.8 Å². The van der Waals surface area contributed by atoms with E-state index in [1.54, 1.807) is 20.2 Å². The molecule has 1 aromatic heterocycles. The molecule has 128 valence electrons. The standard InChI is InChI=1S/C14H22N4O4S/c1-5-14-7-23(20,21)17(4)10(9(14)3)12(22-14)18-6-8(2)11(15)16-13(18)19/h6,9-10,12H,5,7H2,1-4H3,(H2,15,16,19)/t9?,10-,12+,14-/m0/s1. The monoisotopic (exact) mass is 342 g/mol. The summed E-state index contributed by atoms with van der Waals surface area (Å²) in [5.74, 6) is 0.0688. The second kappa shape index (κ2) is 5.02. The zero-order valence-electron chi connectivity index (χ0n) is 13.7. The van der Waals surface area contributed by atoms with Gasteiger partial charge in [-0.05, 0) is 13.3 Å². The third kappa shape index (κ3) is 2.21. The highest BCUT2D eigenvalue weighted by atomic mass is 32.2. The Hall–Kier alpha value is -1.45. The maximum absolute atomic E-state index is 12.5. The Morgan fingerprint density at radius 2 is 2.17 bits per heavy atom. The molecule has 1 unspecified atom stereocenters.